The van der Waals surface area contributed by atoms with Gasteiger partial charge in [0.2, 0.25) is 0 Å². The summed E-state index contributed by atoms with van der Waals surface area (Å²) in [5, 5.41) is 2.35. The lowest BCUT2D eigenvalue weighted by Gasteiger charge is -2.21. The minimum atomic E-state index is -0.0403. The van der Waals surface area contributed by atoms with Gasteiger partial charge < -0.3 is 0 Å². The summed E-state index contributed by atoms with van der Waals surface area (Å²) in [6.07, 6.45) is 0.932. The first-order valence-corrected chi connectivity index (χ1v) is 14.6. The first-order valence-electron chi connectivity index (χ1n) is 14.6. The second kappa shape index (κ2) is 10.3. The molecule has 0 spiro atoms. The zero-order valence-corrected chi connectivity index (χ0v) is 25.0. The Morgan fingerprint density at radius 2 is 0.976 bits per heavy atom. The van der Waals surface area contributed by atoms with Crippen molar-refractivity contribution in [2.75, 3.05) is 0 Å². The Labute approximate surface area is 244 Å². The number of rotatable bonds is 4. The van der Waals surface area contributed by atoms with Crippen LogP contribution in [-0.2, 0) is 11.8 Å². The summed E-state index contributed by atoms with van der Waals surface area (Å²) < 4.78 is 0. The summed E-state index contributed by atoms with van der Waals surface area (Å²) >= 11 is 0. The first-order chi connectivity index (χ1) is 19.5. The van der Waals surface area contributed by atoms with Crippen molar-refractivity contribution in [2.45, 2.75) is 53.4 Å². The predicted octanol–water partition coefficient (Wildman–Crippen LogP) is 10.7. The van der Waals surface area contributed by atoms with Crippen LogP contribution >= 0.6 is 0 Å². The molecule has 0 amide bonds. The highest BCUT2D eigenvalue weighted by Gasteiger charge is 2.20. The van der Waals surface area contributed by atoms with Crippen molar-refractivity contribution in [3.8, 4) is 33.4 Å². The topological polar surface area (TPSA) is 25.8 Å². The second-order valence-corrected chi connectivity index (χ2v) is 13.4. The average molecular weight is 535 g/mol. The fraction of sp³-hybridized carbons (Fsp3) is 0.231. The summed E-state index contributed by atoms with van der Waals surface area (Å²) in [6, 6.07) is 39.3. The van der Waals surface area contributed by atoms with E-state index in [0.29, 0.717) is 0 Å². The molecule has 0 saturated carbocycles. The molecule has 0 atom stereocenters. The van der Waals surface area contributed by atoms with Gasteiger partial charge in [-0.15, -0.1) is 0 Å². The zero-order chi connectivity index (χ0) is 28.8. The molecule has 0 aliphatic carbocycles. The van der Waals surface area contributed by atoms with E-state index >= 15 is 0 Å². The second-order valence-electron chi connectivity index (χ2n) is 13.4. The average Bonchev–Trinajstić information content (AvgIpc) is 2.95. The number of fused-ring (bicyclic) bond motifs is 2. The van der Waals surface area contributed by atoms with Crippen LogP contribution in [0.15, 0.2) is 109 Å². The van der Waals surface area contributed by atoms with Crippen molar-refractivity contribution in [3.63, 3.8) is 0 Å². The number of benzene rings is 4. The monoisotopic (exact) mass is 534 g/mol. The van der Waals surface area contributed by atoms with E-state index in [1.165, 1.54) is 44.2 Å². The van der Waals surface area contributed by atoms with Crippen LogP contribution in [0.4, 0.5) is 0 Å². The molecule has 0 bridgehead atoms. The van der Waals surface area contributed by atoms with E-state index in [1.807, 2.05) is 0 Å². The molecule has 0 radical (unpaired) electrons. The summed E-state index contributed by atoms with van der Waals surface area (Å²) in [5.74, 6) is 0. The Kier molecular flexibility index (Phi) is 6.74. The van der Waals surface area contributed by atoms with Crippen LogP contribution in [0.2, 0.25) is 0 Å². The fourth-order valence-corrected chi connectivity index (χ4v) is 5.60. The van der Waals surface area contributed by atoms with Crippen molar-refractivity contribution in [3.05, 3.63) is 121 Å². The Morgan fingerprint density at radius 1 is 0.488 bits per heavy atom. The van der Waals surface area contributed by atoms with Gasteiger partial charge in [-0.1, -0.05) is 114 Å². The lowest BCUT2D eigenvalue weighted by atomic mass is 9.87. The van der Waals surface area contributed by atoms with Crippen molar-refractivity contribution in [2.24, 2.45) is 5.41 Å². The van der Waals surface area contributed by atoms with Crippen LogP contribution < -0.4 is 0 Å². The quantitative estimate of drug-likeness (QED) is 0.225. The number of nitrogens with zero attached hydrogens (tertiary/aromatic N) is 2. The third kappa shape index (κ3) is 5.65. The Morgan fingerprint density at radius 3 is 1.46 bits per heavy atom. The van der Waals surface area contributed by atoms with Crippen molar-refractivity contribution in [1.29, 1.82) is 0 Å². The molecule has 0 fully saturated rings. The highest BCUT2D eigenvalue weighted by Crippen LogP contribution is 2.37. The van der Waals surface area contributed by atoms with Crippen LogP contribution in [-0.4, -0.2) is 9.97 Å². The minimum absolute atomic E-state index is 0.0403. The molecule has 6 aromatic rings. The van der Waals surface area contributed by atoms with E-state index in [4.69, 9.17) is 9.97 Å². The van der Waals surface area contributed by atoms with Crippen LogP contribution in [0.5, 0.6) is 0 Å². The maximum absolute atomic E-state index is 5.11. The Hall–Kier alpha value is -4.30. The third-order valence-electron chi connectivity index (χ3n) is 7.65. The smallest absolute Gasteiger partial charge is 0.0712 e. The van der Waals surface area contributed by atoms with E-state index in [9.17, 15) is 0 Å². The summed E-state index contributed by atoms with van der Waals surface area (Å²) in [6.45, 7) is 13.5. The van der Waals surface area contributed by atoms with Gasteiger partial charge in [-0.05, 0) is 81.6 Å². The molecule has 0 aliphatic rings. The summed E-state index contributed by atoms with van der Waals surface area (Å²) in [5.41, 5.74) is 11.7. The largest absolute Gasteiger partial charge is 0.253 e. The molecule has 2 aromatic heterocycles. The normalized spacial score (nSPS) is 12.2. The van der Waals surface area contributed by atoms with Crippen molar-refractivity contribution >= 4 is 21.8 Å². The van der Waals surface area contributed by atoms with Crippen LogP contribution in [0, 0.1) is 5.41 Å². The maximum atomic E-state index is 5.11. The lowest BCUT2D eigenvalue weighted by molar-refractivity contribution is 0.407. The summed E-state index contributed by atoms with van der Waals surface area (Å²) in [4.78, 5) is 10.2. The number of hydrogen-bond acceptors (Lipinski definition) is 2. The molecule has 2 heterocycles. The van der Waals surface area contributed by atoms with Gasteiger partial charge in [0.15, 0.2) is 0 Å². The highest BCUT2D eigenvalue weighted by molar-refractivity contribution is 6.00. The minimum Gasteiger partial charge on any atom is -0.253 e. The molecular formula is C39H38N2. The number of hydrogen-bond donors (Lipinski definition) is 0. The van der Waals surface area contributed by atoms with E-state index in [-0.39, 0.29) is 10.8 Å². The van der Waals surface area contributed by atoms with Crippen LogP contribution in [0.25, 0.3) is 55.2 Å². The zero-order valence-electron chi connectivity index (χ0n) is 25.0. The molecular weight excluding hydrogens is 496 g/mol. The number of pyridine rings is 2. The Balaban J connectivity index is 1.54. The molecule has 0 aliphatic heterocycles. The standard InChI is InChI=1S/C39H38N2/c1-38(2,3)25-30-23-31(26-13-9-7-10-14-26)33-21-28(17-19-35(33)40-30)29-18-20-36-34(22-29)32(27-15-11-8-12-16-27)24-37(41-36)39(4,5)6/h7-24H,25H2,1-6H3. The van der Waals surface area contributed by atoms with Gasteiger partial charge in [0.1, 0.15) is 0 Å². The van der Waals surface area contributed by atoms with Gasteiger partial charge in [-0.2, -0.15) is 0 Å². The van der Waals surface area contributed by atoms with Gasteiger partial charge >= 0.3 is 0 Å². The molecule has 41 heavy (non-hydrogen) atoms. The van der Waals surface area contributed by atoms with Gasteiger partial charge in [-0.3, -0.25) is 9.97 Å². The summed E-state index contributed by atoms with van der Waals surface area (Å²) in [7, 11) is 0. The van der Waals surface area contributed by atoms with E-state index in [1.54, 1.807) is 0 Å². The maximum Gasteiger partial charge on any atom is 0.0712 e. The van der Waals surface area contributed by atoms with E-state index in [2.05, 4.69) is 151 Å². The molecule has 2 nitrogen and oxygen atoms in total. The molecule has 0 saturated heterocycles. The molecule has 0 N–H and O–H groups in total. The van der Waals surface area contributed by atoms with Crippen LogP contribution in [0.1, 0.15) is 52.9 Å². The molecule has 2 heteroatoms. The van der Waals surface area contributed by atoms with Crippen molar-refractivity contribution in [1.82, 2.24) is 9.97 Å². The van der Waals surface area contributed by atoms with Gasteiger partial charge in [0, 0.05) is 27.6 Å². The predicted molar refractivity (Wildman–Crippen MR) is 175 cm³/mol. The fourth-order valence-electron chi connectivity index (χ4n) is 5.60. The van der Waals surface area contributed by atoms with Gasteiger partial charge in [0.25, 0.3) is 0 Å². The van der Waals surface area contributed by atoms with E-state index < -0.39 is 0 Å². The van der Waals surface area contributed by atoms with E-state index in [0.717, 1.165) is 28.8 Å². The lowest BCUT2D eigenvalue weighted by Crippen LogP contribution is -2.13. The number of aromatic nitrogens is 2. The van der Waals surface area contributed by atoms with Gasteiger partial charge in [0.05, 0.1) is 11.0 Å². The third-order valence-corrected chi connectivity index (χ3v) is 7.65. The highest BCUT2D eigenvalue weighted by atomic mass is 14.7. The molecule has 204 valence electrons. The molecule has 0 unspecified atom stereocenters. The van der Waals surface area contributed by atoms with Crippen LogP contribution in [0.3, 0.4) is 0 Å². The van der Waals surface area contributed by atoms with Crippen molar-refractivity contribution < 1.29 is 0 Å². The Bertz CT molecular complexity index is 1850. The van der Waals surface area contributed by atoms with Gasteiger partial charge in [-0.25, -0.2) is 0 Å². The first kappa shape index (κ1) is 26.9. The molecule has 4 aromatic carbocycles. The molecule has 6 rings (SSSR count). The SMILES string of the molecule is CC(C)(C)Cc1cc(-c2ccccc2)c2cc(-c3ccc4nc(C(C)(C)C)cc(-c5ccccc5)c4c3)ccc2n1.